The van der Waals surface area contributed by atoms with Crippen molar-refractivity contribution in [3.63, 3.8) is 0 Å². The first-order chi connectivity index (χ1) is 10.8. The lowest BCUT2D eigenvalue weighted by molar-refractivity contribution is -0.135. The van der Waals surface area contributed by atoms with Gasteiger partial charge in [-0.25, -0.2) is 0 Å². The number of thioether (sulfide) groups is 1. The van der Waals surface area contributed by atoms with E-state index in [0.29, 0.717) is 38.6 Å². The summed E-state index contributed by atoms with van der Waals surface area (Å²) in [5.74, 6) is 0.520. The summed E-state index contributed by atoms with van der Waals surface area (Å²) in [6.07, 6.45) is 1.98. The van der Waals surface area contributed by atoms with Gasteiger partial charge >= 0.3 is 0 Å². The molecule has 1 aromatic carbocycles. The summed E-state index contributed by atoms with van der Waals surface area (Å²) >= 11 is 1.51. The van der Waals surface area contributed by atoms with E-state index in [1.807, 2.05) is 39.9 Å². The number of amides is 1. The van der Waals surface area contributed by atoms with Crippen LogP contribution >= 0.6 is 11.8 Å². The highest BCUT2D eigenvalue weighted by Gasteiger charge is 2.18. The maximum atomic E-state index is 12.4. The van der Waals surface area contributed by atoms with E-state index < -0.39 is 0 Å². The van der Waals surface area contributed by atoms with Crippen LogP contribution in [0.1, 0.15) is 0 Å². The van der Waals surface area contributed by atoms with Gasteiger partial charge < -0.3 is 14.2 Å². The highest BCUT2D eigenvalue weighted by molar-refractivity contribution is 7.99. The maximum absolute atomic E-state index is 12.4. The van der Waals surface area contributed by atoms with Gasteiger partial charge in [0.15, 0.2) is 0 Å². The molecular weight excluding hydrogens is 298 g/mol. The number of carbonyl (C=O) groups is 1. The molecule has 1 amide bonds. The number of aromatic nitrogens is 1. The molecule has 6 heteroatoms. The normalized spacial score (nSPS) is 15.0. The molecule has 1 fully saturated rings. The van der Waals surface area contributed by atoms with E-state index in [4.69, 9.17) is 10.00 Å². The van der Waals surface area contributed by atoms with Crippen LogP contribution in [0.2, 0.25) is 0 Å². The lowest BCUT2D eigenvalue weighted by Crippen LogP contribution is -2.42. The highest BCUT2D eigenvalue weighted by atomic mass is 32.2. The van der Waals surface area contributed by atoms with E-state index in [2.05, 4.69) is 6.07 Å². The number of hydrogen-bond donors (Lipinski definition) is 0. The topological polar surface area (TPSA) is 58.3 Å². The molecule has 5 nitrogen and oxygen atoms in total. The second kappa shape index (κ2) is 6.86. The minimum Gasteiger partial charge on any atom is -0.378 e. The van der Waals surface area contributed by atoms with Gasteiger partial charge in [-0.15, -0.1) is 11.8 Å². The third kappa shape index (κ3) is 3.11. The summed E-state index contributed by atoms with van der Waals surface area (Å²) in [6, 6.07) is 10.1. The SMILES string of the molecule is N#CCSc1cn(CC(=O)N2CCOCC2)c2ccccc12. The average molecular weight is 315 g/mol. The van der Waals surface area contributed by atoms with Crippen molar-refractivity contribution >= 4 is 28.6 Å². The number of ether oxygens (including phenoxy) is 1. The van der Waals surface area contributed by atoms with Crippen LogP contribution in [0.4, 0.5) is 0 Å². The van der Waals surface area contributed by atoms with Crippen LogP contribution in [-0.4, -0.2) is 47.4 Å². The largest absolute Gasteiger partial charge is 0.378 e. The van der Waals surface area contributed by atoms with Crippen LogP contribution in [-0.2, 0) is 16.1 Å². The Kier molecular flexibility index (Phi) is 4.66. The molecule has 0 radical (unpaired) electrons. The molecule has 114 valence electrons. The van der Waals surface area contributed by atoms with E-state index in [1.165, 1.54) is 11.8 Å². The standard InChI is InChI=1S/C16H17N3O2S/c17-5-10-22-15-11-19(14-4-2-1-3-13(14)15)12-16(20)18-6-8-21-9-7-18/h1-4,11H,6-10,12H2. The fourth-order valence-electron chi connectivity index (χ4n) is 2.63. The van der Waals surface area contributed by atoms with Gasteiger partial charge in [0.1, 0.15) is 6.54 Å². The lowest BCUT2D eigenvalue weighted by Gasteiger charge is -2.27. The van der Waals surface area contributed by atoms with Crippen molar-refractivity contribution < 1.29 is 9.53 Å². The van der Waals surface area contributed by atoms with Crippen molar-refractivity contribution in [2.24, 2.45) is 0 Å². The van der Waals surface area contributed by atoms with Crippen LogP contribution < -0.4 is 0 Å². The molecule has 2 heterocycles. The quantitative estimate of drug-likeness (QED) is 0.811. The third-order valence-corrected chi connectivity index (χ3v) is 4.62. The van der Waals surface area contributed by atoms with Gasteiger partial charge in [0.05, 0.1) is 25.0 Å². The molecule has 0 bridgehead atoms. The predicted molar refractivity (Wildman–Crippen MR) is 85.7 cm³/mol. The van der Waals surface area contributed by atoms with E-state index in [0.717, 1.165) is 15.8 Å². The van der Waals surface area contributed by atoms with E-state index in [-0.39, 0.29) is 5.91 Å². The zero-order valence-corrected chi connectivity index (χ0v) is 13.0. The Balaban J connectivity index is 1.83. The zero-order chi connectivity index (χ0) is 15.4. The molecule has 2 aromatic rings. The van der Waals surface area contributed by atoms with Crippen LogP contribution in [0, 0.1) is 11.3 Å². The number of nitrogens with zero attached hydrogens (tertiary/aromatic N) is 3. The molecule has 1 aromatic heterocycles. The molecular formula is C16H17N3O2S. The summed E-state index contributed by atoms with van der Waals surface area (Å²) in [5, 5.41) is 9.87. The zero-order valence-electron chi connectivity index (χ0n) is 12.2. The number of para-hydroxylation sites is 1. The van der Waals surface area contributed by atoms with Gasteiger partial charge in [-0.2, -0.15) is 5.26 Å². The first-order valence-electron chi connectivity index (χ1n) is 7.23. The Morgan fingerprint density at radius 3 is 2.86 bits per heavy atom. The second-order valence-electron chi connectivity index (χ2n) is 5.08. The highest BCUT2D eigenvalue weighted by Crippen LogP contribution is 2.29. The van der Waals surface area contributed by atoms with E-state index in [1.54, 1.807) is 0 Å². The first kappa shape index (κ1) is 14.9. The van der Waals surface area contributed by atoms with Crippen LogP contribution in [0.15, 0.2) is 35.4 Å². The first-order valence-corrected chi connectivity index (χ1v) is 8.21. The van der Waals surface area contributed by atoms with E-state index in [9.17, 15) is 4.79 Å². The number of benzene rings is 1. The molecule has 0 unspecified atom stereocenters. The Bertz CT molecular complexity index is 714. The van der Waals surface area contributed by atoms with Gasteiger partial charge in [0.2, 0.25) is 5.91 Å². The molecule has 0 aliphatic carbocycles. The molecule has 22 heavy (non-hydrogen) atoms. The van der Waals surface area contributed by atoms with Crippen LogP contribution in [0.5, 0.6) is 0 Å². The lowest BCUT2D eigenvalue weighted by atomic mass is 10.2. The number of carbonyl (C=O) groups excluding carboxylic acids is 1. The molecule has 0 N–H and O–H groups in total. The van der Waals surface area contributed by atoms with Crippen molar-refractivity contribution in [3.05, 3.63) is 30.5 Å². The predicted octanol–water partition coefficient (Wildman–Crippen LogP) is 2.12. The minimum absolute atomic E-state index is 0.112. The van der Waals surface area contributed by atoms with Crippen LogP contribution in [0.3, 0.4) is 0 Å². The molecule has 3 rings (SSSR count). The van der Waals surface area contributed by atoms with Gasteiger partial charge in [-0.1, -0.05) is 18.2 Å². The molecule has 0 spiro atoms. The summed E-state index contributed by atoms with van der Waals surface area (Å²) < 4.78 is 7.26. The van der Waals surface area contributed by atoms with Gasteiger partial charge in [-0.05, 0) is 6.07 Å². The number of rotatable bonds is 4. The van der Waals surface area contributed by atoms with Crippen molar-refractivity contribution in [1.82, 2.24) is 9.47 Å². The fourth-order valence-corrected chi connectivity index (χ4v) is 3.38. The Morgan fingerprint density at radius 1 is 1.32 bits per heavy atom. The summed E-state index contributed by atoms with van der Waals surface area (Å²) in [7, 11) is 0. The average Bonchev–Trinajstić information content (AvgIpc) is 2.92. The summed E-state index contributed by atoms with van der Waals surface area (Å²) in [4.78, 5) is 15.3. The Hall–Kier alpha value is -1.97. The number of morpholine rings is 1. The number of hydrogen-bond acceptors (Lipinski definition) is 4. The van der Waals surface area contributed by atoms with Crippen molar-refractivity contribution in [2.75, 3.05) is 32.1 Å². The fraction of sp³-hybridized carbons (Fsp3) is 0.375. The van der Waals surface area contributed by atoms with Crippen molar-refractivity contribution in [2.45, 2.75) is 11.4 Å². The summed E-state index contributed by atoms with van der Waals surface area (Å²) in [5.41, 5.74) is 1.03. The van der Waals surface area contributed by atoms with Gasteiger partial charge in [-0.3, -0.25) is 4.79 Å². The van der Waals surface area contributed by atoms with Gasteiger partial charge in [0.25, 0.3) is 0 Å². The molecule has 1 saturated heterocycles. The van der Waals surface area contributed by atoms with Crippen LogP contribution in [0.25, 0.3) is 10.9 Å². The Morgan fingerprint density at radius 2 is 2.09 bits per heavy atom. The monoisotopic (exact) mass is 315 g/mol. The number of nitriles is 1. The number of fused-ring (bicyclic) bond motifs is 1. The smallest absolute Gasteiger partial charge is 0.242 e. The molecule has 1 aliphatic heterocycles. The third-order valence-electron chi connectivity index (χ3n) is 3.71. The molecule has 0 atom stereocenters. The van der Waals surface area contributed by atoms with E-state index >= 15 is 0 Å². The Labute approximate surface area is 133 Å². The molecule has 0 saturated carbocycles. The maximum Gasteiger partial charge on any atom is 0.242 e. The van der Waals surface area contributed by atoms with Gasteiger partial charge in [0, 0.05) is 35.1 Å². The van der Waals surface area contributed by atoms with Crippen molar-refractivity contribution in [3.8, 4) is 6.07 Å². The van der Waals surface area contributed by atoms with Crippen molar-refractivity contribution in [1.29, 1.82) is 5.26 Å². The minimum atomic E-state index is 0.112. The second-order valence-corrected chi connectivity index (χ2v) is 6.10. The summed E-state index contributed by atoms with van der Waals surface area (Å²) in [6.45, 7) is 2.87. The molecule has 1 aliphatic rings.